The van der Waals surface area contributed by atoms with Crippen LogP contribution in [0.4, 0.5) is 5.13 Å². The molecule has 0 aliphatic carbocycles. The molecule has 0 aliphatic heterocycles. The second-order valence-electron chi connectivity index (χ2n) is 6.41. The number of rotatable bonds is 4. The van der Waals surface area contributed by atoms with Gasteiger partial charge < -0.3 is 4.42 Å². The predicted octanol–water partition coefficient (Wildman–Crippen LogP) is 6.12. The zero-order valence-electron chi connectivity index (χ0n) is 14.9. The molecule has 0 radical (unpaired) electrons. The number of aromatic nitrogens is 1. The van der Waals surface area contributed by atoms with Gasteiger partial charge >= 0.3 is 0 Å². The van der Waals surface area contributed by atoms with Crippen LogP contribution in [0.3, 0.4) is 0 Å². The molecule has 136 valence electrons. The fourth-order valence-electron chi connectivity index (χ4n) is 3.03. The Morgan fingerprint density at radius 3 is 2.63 bits per heavy atom. The van der Waals surface area contributed by atoms with Crippen LogP contribution in [0.5, 0.6) is 0 Å². The monoisotopic (exact) mass is 440 g/mol. The number of furan rings is 1. The van der Waals surface area contributed by atoms with E-state index in [0.29, 0.717) is 16.3 Å². The van der Waals surface area contributed by atoms with Gasteiger partial charge in [0.15, 0.2) is 15.6 Å². The standard InChI is InChI=1S/C21H17BrN2O2S/c1-13-10-14(2)19-16(11-13)23-21(27-19)24(12-15-6-4-3-5-7-15)20(25)17-8-9-18(22)26-17/h3-11H,12H2,1-2H3. The molecule has 2 aromatic heterocycles. The summed E-state index contributed by atoms with van der Waals surface area (Å²) < 4.78 is 7.13. The molecule has 2 aromatic carbocycles. The summed E-state index contributed by atoms with van der Waals surface area (Å²) in [5.41, 5.74) is 4.27. The largest absolute Gasteiger partial charge is 0.444 e. The summed E-state index contributed by atoms with van der Waals surface area (Å²) in [5.74, 6) is 0.0722. The van der Waals surface area contributed by atoms with Gasteiger partial charge in [-0.15, -0.1) is 0 Å². The average molecular weight is 441 g/mol. The molecular weight excluding hydrogens is 424 g/mol. The molecule has 4 rings (SSSR count). The second kappa shape index (κ2) is 7.29. The first-order valence-corrected chi connectivity index (χ1v) is 10.1. The van der Waals surface area contributed by atoms with Crippen LogP contribution in [-0.4, -0.2) is 10.9 Å². The molecule has 0 saturated carbocycles. The van der Waals surface area contributed by atoms with Crippen molar-refractivity contribution in [3.8, 4) is 0 Å². The van der Waals surface area contributed by atoms with Crippen LogP contribution in [0.1, 0.15) is 27.2 Å². The minimum atomic E-state index is -0.210. The van der Waals surface area contributed by atoms with Crippen molar-refractivity contribution in [2.75, 3.05) is 4.90 Å². The zero-order valence-corrected chi connectivity index (χ0v) is 17.3. The molecule has 4 nitrogen and oxygen atoms in total. The van der Waals surface area contributed by atoms with Crippen molar-refractivity contribution in [3.05, 3.63) is 81.7 Å². The lowest BCUT2D eigenvalue weighted by molar-refractivity contribution is 0.0957. The molecule has 2 heterocycles. The molecule has 0 fully saturated rings. The third kappa shape index (κ3) is 3.68. The summed E-state index contributed by atoms with van der Waals surface area (Å²) in [7, 11) is 0. The number of fused-ring (bicyclic) bond motifs is 1. The van der Waals surface area contributed by atoms with Gasteiger partial charge in [-0.05, 0) is 64.7 Å². The highest BCUT2D eigenvalue weighted by Crippen LogP contribution is 2.34. The van der Waals surface area contributed by atoms with E-state index in [-0.39, 0.29) is 11.7 Å². The Morgan fingerprint density at radius 2 is 1.93 bits per heavy atom. The highest BCUT2D eigenvalue weighted by molar-refractivity contribution is 9.10. The van der Waals surface area contributed by atoms with E-state index < -0.39 is 0 Å². The smallest absolute Gasteiger partial charge is 0.296 e. The quantitative estimate of drug-likeness (QED) is 0.384. The predicted molar refractivity (Wildman–Crippen MR) is 112 cm³/mol. The fourth-order valence-corrected chi connectivity index (χ4v) is 4.35. The van der Waals surface area contributed by atoms with Gasteiger partial charge in [-0.25, -0.2) is 4.98 Å². The maximum atomic E-state index is 13.2. The van der Waals surface area contributed by atoms with Crippen molar-refractivity contribution in [1.29, 1.82) is 0 Å². The SMILES string of the molecule is Cc1cc(C)c2sc(N(Cc3ccccc3)C(=O)c3ccc(Br)o3)nc2c1. The molecule has 4 aromatic rings. The van der Waals surface area contributed by atoms with Crippen molar-refractivity contribution in [2.24, 2.45) is 0 Å². The van der Waals surface area contributed by atoms with Gasteiger partial charge in [-0.2, -0.15) is 0 Å². The van der Waals surface area contributed by atoms with Crippen LogP contribution in [0.15, 0.2) is 63.7 Å². The van der Waals surface area contributed by atoms with Gasteiger partial charge in [0, 0.05) is 0 Å². The Labute approximate surface area is 169 Å². The molecule has 0 saturated heterocycles. The first-order chi connectivity index (χ1) is 13.0. The number of benzene rings is 2. The number of aryl methyl sites for hydroxylation is 2. The van der Waals surface area contributed by atoms with Gasteiger partial charge in [0.25, 0.3) is 5.91 Å². The summed E-state index contributed by atoms with van der Waals surface area (Å²) in [6.45, 7) is 4.55. The molecule has 0 N–H and O–H groups in total. The molecule has 0 atom stereocenters. The van der Waals surface area contributed by atoms with Crippen molar-refractivity contribution >= 4 is 48.5 Å². The minimum Gasteiger partial charge on any atom is -0.444 e. The Bertz CT molecular complexity index is 1120. The first-order valence-electron chi connectivity index (χ1n) is 8.50. The van der Waals surface area contributed by atoms with Crippen LogP contribution < -0.4 is 4.90 Å². The Balaban J connectivity index is 1.79. The zero-order chi connectivity index (χ0) is 19.0. The minimum absolute atomic E-state index is 0.210. The fraction of sp³-hybridized carbons (Fsp3) is 0.143. The molecule has 0 aliphatic rings. The second-order valence-corrected chi connectivity index (χ2v) is 8.17. The van der Waals surface area contributed by atoms with Gasteiger partial charge in [0.05, 0.1) is 16.8 Å². The summed E-state index contributed by atoms with van der Waals surface area (Å²) >= 11 is 4.80. The Kier molecular flexibility index (Phi) is 4.85. The van der Waals surface area contributed by atoms with Crippen molar-refractivity contribution in [3.63, 3.8) is 0 Å². The molecule has 1 amide bonds. The van der Waals surface area contributed by atoms with Crippen LogP contribution in [0, 0.1) is 13.8 Å². The van der Waals surface area contributed by atoms with Gasteiger partial charge in [0.1, 0.15) is 0 Å². The molecule has 0 spiro atoms. The van der Waals surface area contributed by atoms with Crippen LogP contribution in [0.25, 0.3) is 10.2 Å². The summed E-state index contributed by atoms with van der Waals surface area (Å²) in [4.78, 5) is 19.6. The number of nitrogens with zero attached hydrogens (tertiary/aromatic N) is 2. The van der Waals surface area contributed by atoms with E-state index in [2.05, 4.69) is 41.9 Å². The highest BCUT2D eigenvalue weighted by atomic mass is 79.9. The Morgan fingerprint density at radius 1 is 1.15 bits per heavy atom. The molecule has 6 heteroatoms. The molecule has 0 unspecified atom stereocenters. The molecule has 0 bridgehead atoms. The lowest BCUT2D eigenvalue weighted by Crippen LogP contribution is -2.30. The highest BCUT2D eigenvalue weighted by Gasteiger charge is 2.24. The van der Waals surface area contributed by atoms with E-state index in [4.69, 9.17) is 9.40 Å². The number of hydrogen-bond acceptors (Lipinski definition) is 4. The maximum absolute atomic E-state index is 13.2. The topological polar surface area (TPSA) is 46.3 Å². The number of hydrogen-bond donors (Lipinski definition) is 0. The van der Waals surface area contributed by atoms with Gasteiger partial charge in [-0.1, -0.05) is 47.7 Å². The van der Waals surface area contributed by atoms with Gasteiger partial charge in [-0.3, -0.25) is 9.69 Å². The van der Waals surface area contributed by atoms with E-state index in [9.17, 15) is 4.79 Å². The Hall–Kier alpha value is -2.44. The molecular formula is C21H17BrN2O2S. The van der Waals surface area contributed by atoms with Crippen LogP contribution in [0.2, 0.25) is 0 Å². The maximum Gasteiger partial charge on any atom is 0.296 e. The lowest BCUT2D eigenvalue weighted by atomic mass is 10.1. The lowest BCUT2D eigenvalue weighted by Gasteiger charge is -2.18. The van der Waals surface area contributed by atoms with E-state index >= 15 is 0 Å². The summed E-state index contributed by atoms with van der Waals surface area (Å²) in [6.07, 6.45) is 0. The average Bonchev–Trinajstić information content (AvgIpc) is 3.26. The van der Waals surface area contributed by atoms with Crippen LogP contribution >= 0.6 is 27.3 Å². The van der Waals surface area contributed by atoms with Crippen LogP contribution in [-0.2, 0) is 6.54 Å². The number of anilines is 1. The third-order valence-electron chi connectivity index (χ3n) is 4.25. The van der Waals surface area contributed by atoms with E-state index in [1.807, 2.05) is 30.3 Å². The number of carbonyl (C=O) groups is 1. The van der Waals surface area contributed by atoms with E-state index in [1.165, 1.54) is 16.9 Å². The van der Waals surface area contributed by atoms with Crippen molar-refractivity contribution in [2.45, 2.75) is 20.4 Å². The van der Waals surface area contributed by atoms with E-state index in [1.54, 1.807) is 17.0 Å². The first kappa shape index (κ1) is 17.9. The van der Waals surface area contributed by atoms with Crippen molar-refractivity contribution < 1.29 is 9.21 Å². The third-order valence-corrected chi connectivity index (χ3v) is 5.91. The normalized spacial score (nSPS) is 11.1. The van der Waals surface area contributed by atoms with Crippen molar-refractivity contribution in [1.82, 2.24) is 4.98 Å². The van der Waals surface area contributed by atoms with E-state index in [0.717, 1.165) is 21.3 Å². The number of carbonyl (C=O) groups excluding carboxylic acids is 1. The summed E-state index contributed by atoms with van der Waals surface area (Å²) in [5, 5.41) is 0.667. The number of thiazole rings is 1. The number of amides is 1. The summed E-state index contributed by atoms with van der Waals surface area (Å²) in [6, 6.07) is 17.5. The molecule has 27 heavy (non-hydrogen) atoms. The number of halogens is 1. The van der Waals surface area contributed by atoms with Gasteiger partial charge in [0.2, 0.25) is 0 Å².